The van der Waals surface area contributed by atoms with E-state index in [0.717, 1.165) is 0 Å². The Morgan fingerprint density at radius 2 is 1.88 bits per heavy atom. The smallest absolute Gasteiger partial charge is 0.0768 e. The zero-order chi connectivity index (χ0) is 6.41. The first kappa shape index (κ1) is 7.96. The van der Waals surface area contributed by atoms with Gasteiger partial charge in [-0.25, -0.2) is 0 Å². The van der Waals surface area contributed by atoms with Crippen LogP contribution in [0.4, 0.5) is 0 Å². The highest BCUT2D eigenvalue weighted by atomic mass is 15.1. The highest BCUT2D eigenvalue weighted by molar-refractivity contribution is 4.26. The van der Waals surface area contributed by atoms with Crippen LogP contribution in [-0.2, 0) is 0 Å². The maximum Gasteiger partial charge on any atom is 0.0768 e. The third-order valence-corrected chi connectivity index (χ3v) is 1.56. The number of hydrogen-bond donors (Lipinski definition) is 1. The van der Waals surface area contributed by atoms with Gasteiger partial charge in [0.2, 0.25) is 0 Å². The van der Waals surface area contributed by atoms with Crippen molar-refractivity contribution in [1.82, 2.24) is 0 Å². The SMILES string of the molecule is CCCC[NH+](C)CC. The normalized spacial score (nSPS) is 13.9. The van der Waals surface area contributed by atoms with Crippen LogP contribution in [0.15, 0.2) is 0 Å². The summed E-state index contributed by atoms with van der Waals surface area (Å²) in [4.78, 5) is 1.65. The lowest BCUT2D eigenvalue weighted by Crippen LogP contribution is -3.08. The van der Waals surface area contributed by atoms with Crippen molar-refractivity contribution in [2.24, 2.45) is 0 Å². The van der Waals surface area contributed by atoms with Crippen molar-refractivity contribution >= 4 is 0 Å². The second kappa shape index (κ2) is 5.10. The molecule has 0 aromatic carbocycles. The molecule has 0 heterocycles. The largest absolute Gasteiger partial charge is 0.338 e. The standard InChI is InChI=1S/C7H17N/c1-4-6-7-8(3)5-2/h4-7H2,1-3H3/p+1. The van der Waals surface area contributed by atoms with Crippen molar-refractivity contribution in [3.8, 4) is 0 Å². The van der Waals surface area contributed by atoms with Crippen LogP contribution in [0.1, 0.15) is 26.7 Å². The lowest BCUT2D eigenvalue weighted by molar-refractivity contribution is -0.877. The number of quaternary nitrogens is 1. The minimum Gasteiger partial charge on any atom is -0.338 e. The molecule has 0 saturated carbocycles. The molecule has 0 aliphatic carbocycles. The van der Waals surface area contributed by atoms with Crippen LogP contribution in [0, 0.1) is 0 Å². The number of rotatable bonds is 4. The van der Waals surface area contributed by atoms with Crippen molar-refractivity contribution in [2.45, 2.75) is 26.7 Å². The minimum absolute atomic E-state index is 1.26. The molecule has 0 fully saturated rings. The van der Waals surface area contributed by atoms with E-state index < -0.39 is 0 Å². The molecule has 0 radical (unpaired) electrons. The molecule has 1 nitrogen and oxygen atoms in total. The Hall–Kier alpha value is -0.0400. The quantitative estimate of drug-likeness (QED) is 0.539. The van der Waals surface area contributed by atoms with Gasteiger partial charge in [0, 0.05) is 0 Å². The van der Waals surface area contributed by atoms with E-state index in [1.165, 1.54) is 25.9 Å². The van der Waals surface area contributed by atoms with E-state index in [1.807, 2.05) is 0 Å². The fourth-order valence-corrected chi connectivity index (χ4v) is 0.655. The molecule has 0 saturated heterocycles. The lowest BCUT2D eigenvalue weighted by atomic mass is 10.3. The van der Waals surface area contributed by atoms with Gasteiger partial charge in [0.15, 0.2) is 0 Å². The van der Waals surface area contributed by atoms with Crippen molar-refractivity contribution < 1.29 is 4.90 Å². The Morgan fingerprint density at radius 1 is 1.25 bits per heavy atom. The Balaban J connectivity index is 2.86. The average molecular weight is 116 g/mol. The highest BCUT2D eigenvalue weighted by Gasteiger charge is 1.92. The fraction of sp³-hybridized carbons (Fsp3) is 1.00. The van der Waals surface area contributed by atoms with Gasteiger partial charge in [-0.3, -0.25) is 0 Å². The topological polar surface area (TPSA) is 4.44 Å². The molecule has 0 aliphatic heterocycles. The molecule has 1 atom stereocenters. The van der Waals surface area contributed by atoms with Crippen LogP contribution in [0.25, 0.3) is 0 Å². The van der Waals surface area contributed by atoms with Crippen LogP contribution in [0.5, 0.6) is 0 Å². The predicted octanol–water partition coefficient (Wildman–Crippen LogP) is 0.321. The number of unbranched alkanes of at least 4 members (excludes halogenated alkanes) is 1. The van der Waals surface area contributed by atoms with Crippen LogP contribution >= 0.6 is 0 Å². The van der Waals surface area contributed by atoms with E-state index in [1.54, 1.807) is 4.90 Å². The van der Waals surface area contributed by atoms with E-state index in [2.05, 4.69) is 20.9 Å². The summed E-state index contributed by atoms with van der Waals surface area (Å²) in [5.74, 6) is 0. The van der Waals surface area contributed by atoms with E-state index >= 15 is 0 Å². The predicted molar refractivity (Wildman–Crippen MR) is 37.2 cm³/mol. The summed E-state index contributed by atoms with van der Waals surface area (Å²) in [6.45, 7) is 7.07. The first-order chi connectivity index (χ1) is 3.81. The molecular formula is C7H18N+. The molecule has 0 rings (SSSR count). The summed E-state index contributed by atoms with van der Waals surface area (Å²) in [6, 6.07) is 0. The van der Waals surface area contributed by atoms with E-state index in [9.17, 15) is 0 Å². The van der Waals surface area contributed by atoms with Crippen molar-refractivity contribution in [3.05, 3.63) is 0 Å². The second-order valence-electron chi connectivity index (χ2n) is 2.41. The van der Waals surface area contributed by atoms with Crippen LogP contribution in [-0.4, -0.2) is 20.1 Å². The Bertz CT molecular complexity index is 43.7. The van der Waals surface area contributed by atoms with Gasteiger partial charge < -0.3 is 4.90 Å². The molecule has 0 bridgehead atoms. The van der Waals surface area contributed by atoms with Crippen molar-refractivity contribution in [1.29, 1.82) is 0 Å². The van der Waals surface area contributed by atoms with Crippen LogP contribution in [0.3, 0.4) is 0 Å². The van der Waals surface area contributed by atoms with Crippen LogP contribution < -0.4 is 4.90 Å². The molecule has 0 aromatic rings. The molecule has 0 spiro atoms. The first-order valence-corrected chi connectivity index (χ1v) is 3.62. The van der Waals surface area contributed by atoms with E-state index in [0.29, 0.717) is 0 Å². The minimum atomic E-state index is 1.26. The first-order valence-electron chi connectivity index (χ1n) is 3.62. The maximum atomic E-state index is 2.25. The van der Waals surface area contributed by atoms with Gasteiger partial charge in [0.05, 0.1) is 20.1 Å². The molecule has 0 aromatic heterocycles. The van der Waals surface area contributed by atoms with Crippen molar-refractivity contribution in [2.75, 3.05) is 20.1 Å². The summed E-state index contributed by atoms with van der Waals surface area (Å²) in [6.07, 6.45) is 2.71. The second-order valence-corrected chi connectivity index (χ2v) is 2.41. The maximum absolute atomic E-state index is 2.25. The Kier molecular flexibility index (Phi) is 5.08. The summed E-state index contributed by atoms with van der Waals surface area (Å²) < 4.78 is 0. The molecule has 0 amide bonds. The molecule has 0 aliphatic rings. The van der Waals surface area contributed by atoms with Gasteiger partial charge in [-0.15, -0.1) is 0 Å². The fourth-order valence-electron chi connectivity index (χ4n) is 0.655. The summed E-state index contributed by atoms with van der Waals surface area (Å²) >= 11 is 0. The number of nitrogens with one attached hydrogen (secondary N) is 1. The number of hydrogen-bond acceptors (Lipinski definition) is 0. The third kappa shape index (κ3) is 4.13. The third-order valence-electron chi connectivity index (χ3n) is 1.56. The van der Waals surface area contributed by atoms with Gasteiger partial charge in [-0.1, -0.05) is 13.3 Å². The van der Waals surface area contributed by atoms with Crippen LogP contribution in [0.2, 0.25) is 0 Å². The molecule has 1 unspecified atom stereocenters. The Morgan fingerprint density at radius 3 is 2.25 bits per heavy atom. The molecular weight excluding hydrogens is 98.1 g/mol. The zero-order valence-electron chi connectivity index (χ0n) is 6.33. The van der Waals surface area contributed by atoms with Gasteiger partial charge in [-0.05, 0) is 13.3 Å². The van der Waals surface area contributed by atoms with E-state index in [-0.39, 0.29) is 0 Å². The zero-order valence-corrected chi connectivity index (χ0v) is 6.33. The van der Waals surface area contributed by atoms with Crippen molar-refractivity contribution in [3.63, 3.8) is 0 Å². The molecule has 8 heavy (non-hydrogen) atoms. The molecule has 50 valence electrons. The highest BCUT2D eigenvalue weighted by Crippen LogP contribution is 1.77. The summed E-state index contributed by atoms with van der Waals surface area (Å²) in [5, 5.41) is 0. The lowest BCUT2D eigenvalue weighted by Gasteiger charge is -2.08. The monoisotopic (exact) mass is 116 g/mol. The summed E-state index contributed by atoms with van der Waals surface area (Å²) in [7, 11) is 2.25. The average Bonchev–Trinajstić information content (AvgIpc) is 1.83. The summed E-state index contributed by atoms with van der Waals surface area (Å²) in [5.41, 5.74) is 0. The van der Waals surface area contributed by atoms with Gasteiger partial charge in [0.25, 0.3) is 0 Å². The van der Waals surface area contributed by atoms with Gasteiger partial charge in [-0.2, -0.15) is 0 Å². The molecule has 1 N–H and O–H groups in total. The van der Waals surface area contributed by atoms with E-state index in [4.69, 9.17) is 0 Å². The van der Waals surface area contributed by atoms with Gasteiger partial charge in [0.1, 0.15) is 0 Å². The Labute approximate surface area is 52.7 Å². The van der Waals surface area contributed by atoms with Gasteiger partial charge >= 0.3 is 0 Å². The molecule has 1 heteroatoms.